The normalized spacial score (nSPS) is 16.3. The number of phenolic OH excluding ortho intramolecular Hbond substituents is 1. The molecular formula is C17H17FN4O. The first-order chi connectivity index (χ1) is 11.2. The number of nitrogens with zero attached hydrogens (tertiary/aromatic N) is 3. The minimum absolute atomic E-state index is 0.111. The summed E-state index contributed by atoms with van der Waals surface area (Å²) in [6.07, 6.45) is 8.44. The molecule has 2 aliphatic rings. The van der Waals surface area contributed by atoms with Gasteiger partial charge in [0.15, 0.2) is 0 Å². The average Bonchev–Trinajstić information content (AvgIpc) is 3.35. The molecule has 0 bridgehead atoms. The van der Waals surface area contributed by atoms with E-state index in [0.29, 0.717) is 5.95 Å². The van der Waals surface area contributed by atoms with Gasteiger partial charge in [-0.05, 0) is 30.9 Å². The van der Waals surface area contributed by atoms with Crippen molar-refractivity contribution in [2.75, 3.05) is 23.3 Å². The number of benzene rings is 1. The Balaban J connectivity index is 1.61. The lowest BCUT2D eigenvalue weighted by Gasteiger charge is -2.27. The van der Waals surface area contributed by atoms with Crippen LogP contribution in [0, 0.1) is 11.7 Å². The van der Waals surface area contributed by atoms with Crippen LogP contribution in [0.1, 0.15) is 18.4 Å². The lowest BCUT2D eigenvalue weighted by atomic mass is 10.2. The van der Waals surface area contributed by atoms with E-state index < -0.39 is 5.82 Å². The molecule has 0 radical (unpaired) electrons. The number of phenols is 1. The topological polar surface area (TPSA) is 61.3 Å². The smallest absolute Gasteiger partial charge is 0.229 e. The predicted octanol–water partition coefficient (Wildman–Crippen LogP) is 3.31. The largest absolute Gasteiger partial charge is 0.508 e. The molecule has 6 heteroatoms. The number of hydrogen-bond donors (Lipinski definition) is 2. The summed E-state index contributed by atoms with van der Waals surface area (Å²) in [4.78, 5) is 11.1. The summed E-state index contributed by atoms with van der Waals surface area (Å²) in [5.74, 6) is 1.34. The SMILES string of the molecule is Oc1ccc(Nc2ncc3c(n2)N(CC2CC2)CC=C3)c(F)c1. The zero-order valence-electron chi connectivity index (χ0n) is 12.5. The maximum absolute atomic E-state index is 13.8. The molecule has 1 fully saturated rings. The van der Waals surface area contributed by atoms with Gasteiger partial charge in [0.2, 0.25) is 5.95 Å². The van der Waals surface area contributed by atoms with Gasteiger partial charge in [0.1, 0.15) is 17.4 Å². The van der Waals surface area contributed by atoms with Gasteiger partial charge in [0.25, 0.3) is 0 Å². The molecule has 5 nitrogen and oxygen atoms in total. The standard InChI is InChI=1S/C17H17FN4O/c18-14-8-13(23)5-6-15(14)20-17-19-9-12-2-1-7-22(16(12)21-17)10-11-3-4-11/h1-2,5-6,8-9,11,23H,3-4,7,10H2,(H,19,20,21). The van der Waals surface area contributed by atoms with Crippen molar-refractivity contribution in [2.45, 2.75) is 12.8 Å². The highest BCUT2D eigenvalue weighted by Crippen LogP contribution is 2.33. The summed E-state index contributed by atoms with van der Waals surface area (Å²) in [5, 5.41) is 12.2. The lowest BCUT2D eigenvalue weighted by molar-refractivity contribution is 0.469. The number of aromatic hydroxyl groups is 1. The molecule has 1 aliphatic carbocycles. The molecule has 2 heterocycles. The van der Waals surface area contributed by atoms with Gasteiger partial charge in [-0.3, -0.25) is 0 Å². The Bertz CT molecular complexity index is 773. The molecule has 0 amide bonds. The highest BCUT2D eigenvalue weighted by Gasteiger charge is 2.26. The van der Waals surface area contributed by atoms with Crippen molar-refractivity contribution in [1.82, 2.24) is 9.97 Å². The summed E-state index contributed by atoms with van der Waals surface area (Å²) in [5.41, 5.74) is 1.22. The van der Waals surface area contributed by atoms with Gasteiger partial charge in [-0.15, -0.1) is 0 Å². The molecule has 118 valence electrons. The maximum atomic E-state index is 13.8. The van der Waals surface area contributed by atoms with Gasteiger partial charge < -0.3 is 15.3 Å². The van der Waals surface area contributed by atoms with E-state index in [-0.39, 0.29) is 11.4 Å². The summed E-state index contributed by atoms with van der Waals surface area (Å²) < 4.78 is 13.8. The zero-order valence-corrected chi connectivity index (χ0v) is 12.5. The maximum Gasteiger partial charge on any atom is 0.229 e. The van der Waals surface area contributed by atoms with Crippen LogP contribution in [0.2, 0.25) is 0 Å². The molecule has 1 aliphatic heterocycles. The first kappa shape index (κ1) is 14.0. The molecule has 0 spiro atoms. The van der Waals surface area contributed by atoms with Gasteiger partial charge in [-0.1, -0.05) is 12.2 Å². The van der Waals surface area contributed by atoms with Crippen molar-refractivity contribution in [1.29, 1.82) is 0 Å². The van der Waals surface area contributed by atoms with Crippen LogP contribution in [-0.4, -0.2) is 28.2 Å². The van der Waals surface area contributed by atoms with Gasteiger partial charge in [-0.25, -0.2) is 9.37 Å². The Morgan fingerprint density at radius 1 is 1.35 bits per heavy atom. The first-order valence-corrected chi connectivity index (χ1v) is 7.73. The predicted molar refractivity (Wildman–Crippen MR) is 87.4 cm³/mol. The molecule has 0 atom stereocenters. The molecule has 1 aromatic heterocycles. The number of nitrogens with one attached hydrogen (secondary N) is 1. The molecule has 2 N–H and O–H groups in total. The van der Waals surface area contributed by atoms with Crippen LogP contribution < -0.4 is 10.2 Å². The van der Waals surface area contributed by atoms with E-state index in [9.17, 15) is 9.50 Å². The van der Waals surface area contributed by atoms with Crippen LogP contribution in [0.15, 0.2) is 30.5 Å². The average molecular weight is 312 g/mol. The third kappa shape index (κ3) is 2.97. The van der Waals surface area contributed by atoms with Gasteiger partial charge >= 0.3 is 0 Å². The van der Waals surface area contributed by atoms with Crippen LogP contribution in [0.4, 0.5) is 21.8 Å². The Morgan fingerprint density at radius 2 is 2.22 bits per heavy atom. The van der Waals surface area contributed by atoms with Gasteiger partial charge in [0.05, 0.1) is 5.69 Å². The Morgan fingerprint density at radius 3 is 3.00 bits per heavy atom. The second-order valence-electron chi connectivity index (χ2n) is 6.01. The van der Waals surface area contributed by atoms with Gasteiger partial charge in [-0.2, -0.15) is 4.98 Å². The number of aromatic nitrogens is 2. The van der Waals surface area contributed by atoms with Crippen LogP contribution in [0.3, 0.4) is 0 Å². The quantitative estimate of drug-likeness (QED) is 0.848. The van der Waals surface area contributed by atoms with Crippen molar-refractivity contribution in [3.63, 3.8) is 0 Å². The number of anilines is 3. The van der Waals surface area contributed by atoms with Crippen LogP contribution in [-0.2, 0) is 0 Å². The molecule has 2 aromatic rings. The monoisotopic (exact) mass is 312 g/mol. The first-order valence-electron chi connectivity index (χ1n) is 7.73. The van der Waals surface area contributed by atoms with Crippen LogP contribution in [0.25, 0.3) is 6.08 Å². The summed E-state index contributed by atoms with van der Waals surface area (Å²) in [6, 6.07) is 3.95. The van der Waals surface area contributed by atoms with Crippen molar-refractivity contribution < 1.29 is 9.50 Å². The van der Waals surface area contributed by atoms with Crippen molar-refractivity contribution >= 4 is 23.5 Å². The fourth-order valence-corrected chi connectivity index (χ4v) is 2.71. The summed E-state index contributed by atoms with van der Waals surface area (Å²) in [6.45, 7) is 1.84. The molecule has 1 aromatic carbocycles. The third-order valence-corrected chi connectivity index (χ3v) is 4.09. The van der Waals surface area contributed by atoms with Crippen molar-refractivity contribution in [2.24, 2.45) is 5.92 Å². The molecule has 4 rings (SSSR count). The molecule has 0 unspecified atom stereocenters. The van der Waals surface area contributed by atoms with E-state index >= 15 is 0 Å². The highest BCUT2D eigenvalue weighted by molar-refractivity contribution is 5.69. The molecule has 0 saturated heterocycles. The van der Waals surface area contributed by atoms with E-state index in [2.05, 4.69) is 26.3 Å². The Hall–Kier alpha value is -2.63. The number of hydrogen-bond acceptors (Lipinski definition) is 5. The third-order valence-electron chi connectivity index (χ3n) is 4.09. The second kappa shape index (κ2) is 5.53. The van der Waals surface area contributed by atoms with Crippen LogP contribution >= 0.6 is 0 Å². The minimum atomic E-state index is -0.541. The second-order valence-corrected chi connectivity index (χ2v) is 6.01. The van der Waals surface area contributed by atoms with E-state index in [1.54, 1.807) is 6.20 Å². The van der Waals surface area contributed by atoms with E-state index in [1.807, 2.05) is 6.08 Å². The fourth-order valence-electron chi connectivity index (χ4n) is 2.71. The fraction of sp³-hybridized carbons (Fsp3) is 0.294. The summed E-state index contributed by atoms with van der Waals surface area (Å²) >= 11 is 0. The molecule has 23 heavy (non-hydrogen) atoms. The Labute approximate surface area is 133 Å². The minimum Gasteiger partial charge on any atom is -0.508 e. The van der Waals surface area contributed by atoms with Gasteiger partial charge in [0, 0.05) is 30.9 Å². The van der Waals surface area contributed by atoms with Crippen molar-refractivity contribution in [3.8, 4) is 5.75 Å². The highest BCUT2D eigenvalue weighted by atomic mass is 19.1. The molecular weight excluding hydrogens is 295 g/mol. The summed E-state index contributed by atoms with van der Waals surface area (Å²) in [7, 11) is 0. The van der Waals surface area contributed by atoms with Crippen molar-refractivity contribution in [3.05, 3.63) is 41.9 Å². The number of fused-ring (bicyclic) bond motifs is 1. The zero-order chi connectivity index (χ0) is 15.8. The van der Waals surface area contributed by atoms with Crippen LogP contribution in [0.5, 0.6) is 5.75 Å². The number of rotatable bonds is 4. The van der Waals surface area contributed by atoms with E-state index in [0.717, 1.165) is 36.5 Å². The van der Waals surface area contributed by atoms with E-state index in [4.69, 9.17) is 0 Å². The lowest BCUT2D eigenvalue weighted by Crippen LogP contribution is -2.29. The van der Waals surface area contributed by atoms with E-state index in [1.165, 1.54) is 25.0 Å². The molecule has 1 saturated carbocycles. The Kier molecular flexibility index (Phi) is 3.37. The number of halogens is 1.